The summed E-state index contributed by atoms with van der Waals surface area (Å²) in [5, 5.41) is 6.96. The SMILES string of the molecule is CCNC(=NCC(c1ccc(OC)c(OC)c1)N1CCOCC1)NCC1CCCN1C.I. The molecular formula is C23H40IN5O3. The van der Waals surface area contributed by atoms with Gasteiger partial charge in [0.2, 0.25) is 0 Å². The highest BCUT2D eigenvalue weighted by Crippen LogP contribution is 2.32. The molecule has 0 bridgehead atoms. The minimum atomic E-state index is 0. The zero-order valence-electron chi connectivity index (χ0n) is 19.9. The number of benzene rings is 1. The molecule has 182 valence electrons. The number of nitrogens with one attached hydrogen (secondary N) is 2. The van der Waals surface area contributed by atoms with Crippen LogP contribution in [0.4, 0.5) is 0 Å². The fourth-order valence-electron chi connectivity index (χ4n) is 4.35. The smallest absolute Gasteiger partial charge is 0.191 e. The molecule has 0 aromatic heterocycles. The van der Waals surface area contributed by atoms with Gasteiger partial charge in [-0.2, -0.15) is 0 Å². The third kappa shape index (κ3) is 7.36. The minimum absolute atomic E-state index is 0. The van der Waals surface area contributed by atoms with Gasteiger partial charge in [-0.25, -0.2) is 0 Å². The predicted molar refractivity (Wildman–Crippen MR) is 140 cm³/mol. The number of morpholine rings is 1. The van der Waals surface area contributed by atoms with Crippen molar-refractivity contribution in [3.8, 4) is 11.5 Å². The summed E-state index contributed by atoms with van der Waals surface area (Å²) in [4.78, 5) is 9.85. The number of likely N-dealkylation sites (tertiary alicyclic amines) is 1. The molecule has 9 heteroatoms. The molecule has 2 aliphatic heterocycles. The second kappa shape index (κ2) is 14.1. The maximum atomic E-state index is 5.59. The number of likely N-dealkylation sites (N-methyl/N-ethyl adjacent to an activating group) is 1. The molecule has 2 fully saturated rings. The van der Waals surface area contributed by atoms with Crippen molar-refractivity contribution in [2.75, 3.05) is 73.7 Å². The number of hydrogen-bond acceptors (Lipinski definition) is 6. The molecule has 0 radical (unpaired) electrons. The van der Waals surface area contributed by atoms with Gasteiger partial charge in [0, 0.05) is 32.2 Å². The normalized spacial score (nSPS) is 21.0. The van der Waals surface area contributed by atoms with Gasteiger partial charge in [0.05, 0.1) is 40.0 Å². The van der Waals surface area contributed by atoms with Crippen molar-refractivity contribution in [3.63, 3.8) is 0 Å². The third-order valence-electron chi connectivity index (χ3n) is 6.22. The molecule has 1 aromatic carbocycles. The van der Waals surface area contributed by atoms with E-state index in [-0.39, 0.29) is 30.0 Å². The number of hydrogen-bond donors (Lipinski definition) is 2. The zero-order chi connectivity index (χ0) is 22.1. The van der Waals surface area contributed by atoms with Crippen molar-refractivity contribution in [2.45, 2.75) is 31.8 Å². The molecule has 2 saturated heterocycles. The number of methoxy groups -OCH3 is 2. The van der Waals surface area contributed by atoms with Crippen LogP contribution in [0.3, 0.4) is 0 Å². The fraction of sp³-hybridized carbons (Fsp3) is 0.696. The topological polar surface area (TPSA) is 70.6 Å². The first kappa shape index (κ1) is 26.9. The number of halogens is 1. The number of ether oxygens (including phenoxy) is 3. The molecular weight excluding hydrogens is 521 g/mol. The summed E-state index contributed by atoms with van der Waals surface area (Å²) in [5.74, 6) is 2.37. The van der Waals surface area contributed by atoms with Crippen molar-refractivity contribution in [2.24, 2.45) is 4.99 Å². The molecule has 2 heterocycles. The molecule has 0 aliphatic carbocycles. The summed E-state index contributed by atoms with van der Waals surface area (Å²) in [6.45, 7) is 8.98. The number of nitrogens with zero attached hydrogens (tertiary/aromatic N) is 3. The van der Waals surface area contributed by atoms with E-state index in [0.29, 0.717) is 12.6 Å². The summed E-state index contributed by atoms with van der Waals surface area (Å²) in [6, 6.07) is 6.88. The average Bonchev–Trinajstić information content (AvgIpc) is 3.22. The largest absolute Gasteiger partial charge is 0.493 e. The van der Waals surface area contributed by atoms with E-state index >= 15 is 0 Å². The predicted octanol–water partition coefficient (Wildman–Crippen LogP) is 2.34. The molecule has 2 atom stereocenters. The second-order valence-corrected chi connectivity index (χ2v) is 8.16. The van der Waals surface area contributed by atoms with Crippen LogP contribution in [0.15, 0.2) is 23.2 Å². The van der Waals surface area contributed by atoms with Crippen molar-refractivity contribution in [1.29, 1.82) is 0 Å². The molecule has 0 saturated carbocycles. The van der Waals surface area contributed by atoms with E-state index in [2.05, 4.69) is 46.5 Å². The summed E-state index contributed by atoms with van der Waals surface area (Å²) in [6.07, 6.45) is 2.51. The Morgan fingerprint density at radius 2 is 1.91 bits per heavy atom. The van der Waals surface area contributed by atoms with Crippen LogP contribution < -0.4 is 20.1 Å². The van der Waals surface area contributed by atoms with Gasteiger partial charge in [-0.15, -0.1) is 24.0 Å². The first-order chi connectivity index (χ1) is 15.2. The highest BCUT2D eigenvalue weighted by Gasteiger charge is 2.24. The highest BCUT2D eigenvalue weighted by molar-refractivity contribution is 14.0. The van der Waals surface area contributed by atoms with Gasteiger partial charge in [0.25, 0.3) is 0 Å². The van der Waals surface area contributed by atoms with Crippen LogP contribution in [0.2, 0.25) is 0 Å². The minimum Gasteiger partial charge on any atom is -0.493 e. The average molecular weight is 562 g/mol. The van der Waals surface area contributed by atoms with E-state index in [4.69, 9.17) is 19.2 Å². The Balaban J connectivity index is 0.00000363. The third-order valence-corrected chi connectivity index (χ3v) is 6.22. The molecule has 2 unspecified atom stereocenters. The van der Waals surface area contributed by atoms with Crippen LogP contribution in [0.1, 0.15) is 31.4 Å². The maximum Gasteiger partial charge on any atom is 0.191 e. The van der Waals surface area contributed by atoms with Crippen LogP contribution in [0, 0.1) is 0 Å². The van der Waals surface area contributed by atoms with Gasteiger partial charge < -0.3 is 29.7 Å². The highest BCUT2D eigenvalue weighted by atomic mass is 127. The van der Waals surface area contributed by atoms with Crippen LogP contribution >= 0.6 is 24.0 Å². The molecule has 1 aromatic rings. The van der Waals surface area contributed by atoms with E-state index in [1.165, 1.54) is 24.9 Å². The van der Waals surface area contributed by atoms with Crippen molar-refractivity contribution in [1.82, 2.24) is 20.4 Å². The van der Waals surface area contributed by atoms with E-state index < -0.39 is 0 Å². The molecule has 2 aliphatic rings. The van der Waals surface area contributed by atoms with Crippen LogP contribution in [0.5, 0.6) is 11.5 Å². The second-order valence-electron chi connectivity index (χ2n) is 8.16. The quantitative estimate of drug-likeness (QED) is 0.273. The molecule has 32 heavy (non-hydrogen) atoms. The first-order valence-electron chi connectivity index (χ1n) is 11.4. The molecule has 0 spiro atoms. The lowest BCUT2D eigenvalue weighted by molar-refractivity contribution is 0.0179. The Bertz CT molecular complexity index is 715. The Morgan fingerprint density at radius 1 is 1.16 bits per heavy atom. The first-order valence-corrected chi connectivity index (χ1v) is 11.4. The molecule has 3 rings (SSSR count). The lowest BCUT2D eigenvalue weighted by Gasteiger charge is -2.34. The lowest BCUT2D eigenvalue weighted by Crippen LogP contribution is -2.45. The lowest BCUT2D eigenvalue weighted by atomic mass is 10.0. The van der Waals surface area contributed by atoms with Crippen LogP contribution in [-0.2, 0) is 4.74 Å². The molecule has 2 N–H and O–H groups in total. The van der Waals surface area contributed by atoms with Gasteiger partial charge in [0.15, 0.2) is 17.5 Å². The Labute approximate surface area is 210 Å². The number of rotatable bonds is 9. The summed E-state index contributed by atoms with van der Waals surface area (Å²) >= 11 is 0. The molecule has 8 nitrogen and oxygen atoms in total. The van der Waals surface area contributed by atoms with E-state index in [0.717, 1.165) is 56.9 Å². The van der Waals surface area contributed by atoms with Crippen molar-refractivity contribution < 1.29 is 14.2 Å². The summed E-state index contributed by atoms with van der Waals surface area (Å²) < 4.78 is 16.6. The summed E-state index contributed by atoms with van der Waals surface area (Å²) in [5.41, 5.74) is 1.18. The van der Waals surface area contributed by atoms with E-state index in [1.54, 1.807) is 14.2 Å². The van der Waals surface area contributed by atoms with Gasteiger partial charge in [-0.1, -0.05) is 6.07 Å². The Morgan fingerprint density at radius 3 is 2.53 bits per heavy atom. The Kier molecular flexibility index (Phi) is 11.8. The number of guanidine groups is 1. The molecule has 0 amide bonds. The van der Waals surface area contributed by atoms with Gasteiger partial charge in [0.1, 0.15) is 0 Å². The fourth-order valence-corrected chi connectivity index (χ4v) is 4.35. The van der Waals surface area contributed by atoms with E-state index in [9.17, 15) is 0 Å². The Hall–Kier alpha value is -1.30. The van der Waals surface area contributed by atoms with Crippen molar-refractivity contribution >= 4 is 29.9 Å². The summed E-state index contributed by atoms with van der Waals surface area (Å²) in [7, 11) is 5.54. The van der Waals surface area contributed by atoms with Gasteiger partial charge in [-0.05, 0) is 51.1 Å². The van der Waals surface area contributed by atoms with Crippen LogP contribution in [-0.4, -0.2) is 95.6 Å². The van der Waals surface area contributed by atoms with Crippen molar-refractivity contribution in [3.05, 3.63) is 23.8 Å². The number of aliphatic imine (C=N–C) groups is 1. The van der Waals surface area contributed by atoms with E-state index in [1.807, 2.05) is 6.07 Å². The van der Waals surface area contributed by atoms with Crippen LogP contribution in [0.25, 0.3) is 0 Å². The maximum absolute atomic E-state index is 5.59. The van der Waals surface area contributed by atoms with Gasteiger partial charge >= 0.3 is 0 Å². The van der Waals surface area contributed by atoms with Gasteiger partial charge in [-0.3, -0.25) is 9.89 Å². The monoisotopic (exact) mass is 561 g/mol. The zero-order valence-corrected chi connectivity index (χ0v) is 22.3. The standard InChI is InChI=1S/C23H39N5O3.HI/c1-5-24-23(25-16-19-7-6-10-27(19)2)26-17-20(28-11-13-31-14-12-28)18-8-9-21(29-3)22(15-18)30-4;/h8-9,15,19-20H,5-7,10-14,16-17H2,1-4H3,(H2,24,25,26);1H.